The van der Waals surface area contributed by atoms with Crippen molar-refractivity contribution in [2.75, 3.05) is 0 Å². The molecule has 0 aliphatic carbocycles. The minimum Gasteiger partial charge on any atom is -0.392 e. The summed E-state index contributed by atoms with van der Waals surface area (Å²) in [4.78, 5) is 4.24. The van der Waals surface area contributed by atoms with Crippen LogP contribution in [0.3, 0.4) is 0 Å². The van der Waals surface area contributed by atoms with Crippen molar-refractivity contribution in [1.29, 1.82) is 0 Å². The number of aryl methyl sites for hydroxylation is 1. The molecule has 1 aromatic carbocycles. The predicted octanol–water partition coefficient (Wildman–Crippen LogP) is 1.58. The Bertz CT molecular complexity index is 417. The van der Waals surface area contributed by atoms with E-state index < -0.39 is 0 Å². The lowest BCUT2D eigenvalue weighted by Gasteiger charge is -1.98. The van der Waals surface area contributed by atoms with Gasteiger partial charge in [0.1, 0.15) is 0 Å². The number of rotatable bonds is 2. The van der Waals surface area contributed by atoms with Crippen LogP contribution in [0.4, 0.5) is 0 Å². The molecule has 0 radical (unpaired) electrons. The molecule has 2 aromatic rings. The Balaban J connectivity index is 2.33. The molecule has 0 aliphatic rings. The molecule has 0 saturated heterocycles. The van der Waals surface area contributed by atoms with Gasteiger partial charge in [-0.15, -0.1) is 0 Å². The Labute approximate surface area is 82.7 Å². The first-order chi connectivity index (χ1) is 6.79. The van der Waals surface area contributed by atoms with E-state index in [4.69, 9.17) is 5.11 Å². The fourth-order valence-corrected chi connectivity index (χ4v) is 1.34. The highest BCUT2D eigenvalue weighted by atomic mass is 16.3. The average Bonchev–Trinajstić information content (AvgIpc) is 2.65. The van der Waals surface area contributed by atoms with Crippen LogP contribution in [0.5, 0.6) is 0 Å². The van der Waals surface area contributed by atoms with E-state index in [1.54, 1.807) is 6.33 Å². The maximum absolute atomic E-state index is 8.88. The molecule has 72 valence electrons. The summed E-state index contributed by atoms with van der Waals surface area (Å²) in [5.41, 5.74) is 2.95. The highest BCUT2D eigenvalue weighted by Gasteiger charge is 1.99. The molecular formula is C11H12N2O. The molecule has 0 atom stereocenters. The second-order valence-corrected chi connectivity index (χ2v) is 3.28. The van der Waals surface area contributed by atoms with Crippen LogP contribution >= 0.6 is 0 Å². The number of aromatic nitrogens is 2. The fourth-order valence-electron chi connectivity index (χ4n) is 1.34. The summed E-state index contributed by atoms with van der Waals surface area (Å²) in [6, 6.07) is 7.75. The van der Waals surface area contributed by atoms with E-state index in [9.17, 15) is 0 Å². The van der Waals surface area contributed by atoms with Crippen molar-refractivity contribution in [3.05, 3.63) is 42.4 Å². The van der Waals surface area contributed by atoms with Crippen molar-refractivity contribution in [2.45, 2.75) is 6.61 Å². The molecule has 3 nitrogen and oxygen atoms in total. The van der Waals surface area contributed by atoms with Crippen molar-refractivity contribution in [2.24, 2.45) is 7.05 Å². The van der Waals surface area contributed by atoms with Gasteiger partial charge in [-0.25, -0.2) is 4.98 Å². The Hall–Kier alpha value is -1.61. The number of nitrogens with zero attached hydrogens (tertiary/aromatic N) is 2. The number of hydrogen-bond donors (Lipinski definition) is 1. The van der Waals surface area contributed by atoms with E-state index in [0.29, 0.717) is 0 Å². The van der Waals surface area contributed by atoms with E-state index in [-0.39, 0.29) is 6.61 Å². The monoisotopic (exact) mass is 188 g/mol. The molecular weight excluding hydrogens is 176 g/mol. The van der Waals surface area contributed by atoms with Crippen molar-refractivity contribution in [3.8, 4) is 11.3 Å². The summed E-state index contributed by atoms with van der Waals surface area (Å²) in [6.07, 6.45) is 3.74. The lowest BCUT2D eigenvalue weighted by molar-refractivity contribution is 0.282. The third kappa shape index (κ3) is 1.67. The fraction of sp³-hybridized carbons (Fsp3) is 0.182. The van der Waals surface area contributed by atoms with Gasteiger partial charge in [-0.1, -0.05) is 24.3 Å². The number of imidazole rings is 1. The molecule has 1 N–H and O–H groups in total. The summed E-state index contributed by atoms with van der Waals surface area (Å²) < 4.78 is 1.91. The summed E-state index contributed by atoms with van der Waals surface area (Å²) in [7, 11) is 1.94. The third-order valence-electron chi connectivity index (χ3n) is 2.14. The van der Waals surface area contributed by atoms with E-state index in [2.05, 4.69) is 4.98 Å². The topological polar surface area (TPSA) is 38.0 Å². The highest BCUT2D eigenvalue weighted by Crippen LogP contribution is 2.16. The maximum Gasteiger partial charge on any atom is 0.0951 e. The quantitative estimate of drug-likeness (QED) is 0.777. The van der Waals surface area contributed by atoms with Gasteiger partial charge < -0.3 is 9.67 Å². The van der Waals surface area contributed by atoms with Gasteiger partial charge in [0.05, 0.1) is 18.6 Å². The second kappa shape index (κ2) is 3.64. The first-order valence-corrected chi connectivity index (χ1v) is 4.48. The second-order valence-electron chi connectivity index (χ2n) is 3.28. The summed E-state index contributed by atoms with van der Waals surface area (Å²) in [5, 5.41) is 8.88. The lowest BCUT2D eigenvalue weighted by Crippen LogP contribution is -1.83. The number of hydrogen-bond acceptors (Lipinski definition) is 2. The smallest absolute Gasteiger partial charge is 0.0951 e. The van der Waals surface area contributed by atoms with Gasteiger partial charge >= 0.3 is 0 Å². The molecule has 0 spiro atoms. The van der Waals surface area contributed by atoms with Crippen LogP contribution in [0.15, 0.2) is 36.8 Å². The minimum atomic E-state index is 0.0858. The van der Waals surface area contributed by atoms with Gasteiger partial charge in [0, 0.05) is 18.8 Å². The molecule has 1 heterocycles. The van der Waals surface area contributed by atoms with Gasteiger partial charge in [-0.3, -0.25) is 0 Å². The average molecular weight is 188 g/mol. The van der Waals surface area contributed by atoms with Gasteiger partial charge in [0.25, 0.3) is 0 Å². The van der Waals surface area contributed by atoms with Crippen LogP contribution in [-0.4, -0.2) is 14.7 Å². The van der Waals surface area contributed by atoms with Crippen LogP contribution in [0.1, 0.15) is 5.56 Å². The van der Waals surface area contributed by atoms with Crippen LogP contribution in [0.2, 0.25) is 0 Å². The molecule has 0 unspecified atom stereocenters. The van der Waals surface area contributed by atoms with Crippen LogP contribution in [-0.2, 0) is 13.7 Å². The normalized spacial score (nSPS) is 10.4. The molecule has 0 saturated carbocycles. The predicted molar refractivity (Wildman–Crippen MR) is 54.6 cm³/mol. The molecule has 0 aliphatic heterocycles. The molecule has 1 aromatic heterocycles. The standard InChI is InChI=1S/C11H12N2O/c1-13-6-11(12-8-13)10-4-2-9(7-14)3-5-10/h2-6,8,14H,7H2,1H3. The van der Waals surface area contributed by atoms with Crippen molar-refractivity contribution < 1.29 is 5.11 Å². The van der Waals surface area contributed by atoms with Crippen LogP contribution in [0, 0.1) is 0 Å². The number of aliphatic hydroxyl groups is 1. The zero-order chi connectivity index (χ0) is 9.97. The molecule has 0 bridgehead atoms. The van der Waals surface area contributed by atoms with E-state index in [0.717, 1.165) is 16.8 Å². The first-order valence-electron chi connectivity index (χ1n) is 4.48. The van der Waals surface area contributed by atoms with Gasteiger partial charge in [-0.2, -0.15) is 0 Å². The van der Waals surface area contributed by atoms with E-state index >= 15 is 0 Å². The summed E-state index contributed by atoms with van der Waals surface area (Å²) >= 11 is 0. The Morgan fingerprint density at radius 2 is 2.00 bits per heavy atom. The summed E-state index contributed by atoms with van der Waals surface area (Å²) in [6.45, 7) is 0.0858. The molecule has 3 heteroatoms. The summed E-state index contributed by atoms with van der Waals surface area (Å²) in [5.74, 6) is 0. The zero-order valence-electron chi connectivity index (χ0n) is 8.01. The van der Waals surface area contributed by atoms with E-state index in [1.807, 2.05) is 42.1 Å². The van der Waals surface area contributed by atoms with E-state index in [1.165, 1.54) is 0 Å². The molecule has 0 amide bonds. The van der Waals surface area contributed by atoms with Gasteiger partial charge in [0.2, 0.25) is 0 Å². The Morgan fingerprint density at radius 3 is 2.50 bits per heavy atom. The SMILES string of the molecule is Cn1cnc(-c2ccc(CO)cc2)c1. The largest absolute Gasteiger partial charge is 0.392 e. The van der Waals surface area contributed by atoms with Gasteiger partial charge in [-0.05, 0) is 5.56 Å². The van der Waals surface area contributed by atoms with Crippen LogP contribution < -0.4 is 0 Å². The minimum absolute atomic E-state index is 0.0858. The molecule has 14 heavy (non-hydrogen) atoms. The molecule has 0 fully saturated rings. The maximum atomic E-state index is 8.88. The third-order valence-corrected chi connectivity index (χ3v) is 2.14. The Morgan fingerprint density at radius 1 is 1.29 bits per heavy atom. The Kier molecular flexibility index (Phi) is 2.33. The first kappa shape index (κ1) is 8.97. The highest BCUT2D eigenvalue weighted by molar-refractivity contribution is 5.58. The van der Waals surface area contributed by atoms with Gasteiger partial charge in [0.15, 0.2) is 0 Å². The number of aliphatic hydroxyl groups excluding tert-OH is 1. The number of benzene rings is 1. The van der Waals surface area contributed by atoms with Crippen molar-refractivity contribution in [3.63, 3.8) is 0 Å². The zero-order valence-corrected chi connectivity index (χ0v) is 8.01. The lowest BCUT2D eigenvalue weighted by atomic mass is 10.1. The van der Waals surface area contributed by atoms with Crippen molar-refractivity contribution in [1.82, 2.24) is 9.55 Å². The molecule has 2 rings (SSSR count). The van der Waals surface area contributed by atoms with Crippen molar-refractivity contribution >= 4 is 0 Å². The van der Waals surface area contributed by atoms with Crippen LogP contribution in [0.25, 0.3) is 11.3 Å².